The van der Waals surface area contributed by atoms with Crippen molar-refractivity contribution in [2.45, 2.75) is 12.4 Å². The molecule has 0 radical (unpaired) electrons. The van der Waals surface area contributed by atoms with E-state index in [4.69, 9.17) is 0 Å². The molecule has 0 aliphatic carbocycles. The molecule has 3 aromatic rings. The summed E-state index contributed by atoms with van der Waals surface area (Å²) in [6, 6.07) is 12.2. The molecule has 1 aromatic heterocycles. The molecule has 1 nitrogen and oxygen atoms in total. The second-order valence-electron chi connectivity index (χ2n) is 5.71. The van der Waals surface area contributed by atoms with Gasteiger partial charge in [0, 0.05) is 15.6 Å². The zero-order valence-electron chi connectivity index (χ0n) is 13.4. The average molecular weight is 446 g/mol. The summed E-state index contributed by atoms with van der Waals surface area (Å²) in [6.45, 7) is 0. The van der Waals surface area contributed by atoms with Crippen LogP contribution in [0.25, 0.3) is 22.5 Å². The Balaban J connectivity index is 2.13. The number of nitrogens with zero attached hydrogens (tertiary/aromatic N) is 1. The number of pyridine rings is 1. The second kappa shape index (κ2) is 6.99. The van der Waals surface area contributed by atoms with Gasteiger partial charge in [0.05, 0.1) is 22.5 Å². The fraction of sp³-hybridized carbons (Fsp3) is 0.105. The molecule has 0 bridgehead atoms. The summed E-state index contributed by atoms with van der Waals surface area (Å²) >= 11 is 3.25. The van der Waals surface area contributed by atoms with Crippen LogP contribution >= 0.6 is 15.9 Å². The summed E-state index contributed by atoms with van der Waals surface area (Å²) in [7, 11) is 0. The lowest BCUT2D eigenvalue weighted by molar-refractivity contribution is -0.138. The Bertz CT molecular complexity index is 961. The van der Waals surface area contributed by atoms with E-state index in [1.807, 2.05) is 0 Å². The Hall–Kier alpha value is -2.35. The van der Waals surface area contributed by atoms with E-state index in [9.17, 15) is 26.3 Å². The van der Waals surface area contributed by atoms with Crippen molar-refractivity contribution in [3.8, 4) is 22.5 Å². The molecule has 0 aliphatic heterocycles. The summed E-state index contributed by atoms with van der Waals surface area (Å²) in [5, 5.41) is 0. The average Bonchev–Trinajstić information content (AvgIpc) is 2.60. The minimum Gasteiger partial charge on any atom is -0.248 e. The van der Waals surface area contributed by atoms with Crippen LogP contribution in [0.3, 0.4) is 0 Å². The Kier molecular flexibility index (Phi) is 5.03. The van der Waals surface area contributed by atoms with Gasteiger partial charge in [-0.05, 0) is 36.4 Å². The smallest absolute Gasteiger partial charge is 0.248 e. The van der Waals surface area contributed by atoms with Crippen LogP contribution in [0.4, 0.5) is 26.3 Å². The van der Waals surface area contributed by atoms with E-state index >= 15 is 0 Å². The summed E-state index contributed by atoms with van der Waals surface area (Å²) in [6.07, 6.45) is -9.15. The molecule has 0 atom stereocenters. The first-order valence-electron chi connectivity index (χ1n) is 7.57. The Morgan fingerprint density at radius 2 is 1.19 bits per heavy atom. The number of hydrogen-bond acceptors (Lipinski definition) is 1. The number of benzene rings is 2. The molecule has 27 heavy (non-hydrogen) atoms. The van der Waals surface area contributed by atoms with Crippen LogP contribution in [0, 0.1) is 0 Å². The van der Waals surface area contributed by atoms with Crippen molar-refractivity contribution in [2.75, 3.05) is 0 Å². The van der Waals surface area contributed by atoms with Crippen LogP contribution < -0.4 is 0 Å². The van der Waals surface area contributed by atoms with E-state index in [0.29, 0.717) is 10.0 Å². The lowest BCUT2D eigenvalue weighted by atomic mass is 10.0. The van der Waals surface area contributed by atoms with Gasteiger partial charge in [-0.3, -0.25) is 0 Å². The third kappa shape index (κ3) is 4.50. The predicted molar refractivity (Wildman–Crippen MR) is 92.8 cm³/mol. The standard InChI is InChI=1S/C19H10BrF6N/c20-15-3-1-2-12(8-15)17-10-14(19(24,25)26)9-16(27-17)11-4-6-13(7-5-11)18(21,22)23/h1-10H. The van der Waals surface area contributed by atoms with Gasteiger partial charge in [0.2, 0.25) is 0 Å². The molecule has 0 saturated heterocycles. The van der Waals surface area contributed by atoms with Gasteiger partial charge in [-0.25, -0.2) is 4.98 Å². The van der Waals surface area contributed by atoms with Gasteiger partial charge in [0.25, 0.3) is 0 Å². The van der Waals surface area contributed by atoms with Gasteiger partial charge < -0.3 is 0 Å². The highest BCUT2D eigenvalue weighted by Gasteiger charge is 2.32. The van der Waals surface area contributed by atoms with Crippen LogP contribution in [-0.2, 0) is 12.4 Å². The van der Waals surface area contributed by atoms with Crippen LogP contribution in [0.15, 0.2) is 65.1 Å². The van der Waals surface area contributed by atoms with Crippen molar-refractivity contribution in [2.24, 2.45) is 0 Å². The fourth-order valence-electron chi connectivity index (χ4n) is 2.47. The van der Waals surface area contributed by atoms with Crippen LogP contribution in [-0.4, -0.2) is 4.98 Å². The van der Waals surface area contributed by atoms with Crippen molar-refractivity contribution in [1.29, 1.82) is 0 Å². The highest BCUT2D eigenvalue weighted by molar-refractivity contribution is 9.10. The summed E-state index contributed by atoms with van der Waals surface area (Å²) in [4.78, 5) is 4.22. The molecular formula is C19H10BrF6N. The van der Waals surface area contributed by atoms with Gasteiger partial charge in [0.1, 0.15) is 0 Å². The van der Waals surface area contributed by atoms with E-state index in [1.54, 1.807) is 24.3 Å². The van der Waals surface area contributed by atoms with Crippen LogP contribution in [0.1, 0.15) is 11.1 Å². The molecule has 2 aromatic carbocycles. The molecule has 0 N–H and O–H groups in total. The first-order valence-corrected chi connectivity index (χ1v) is 8.36. The molecule has 0 aliphatic rings. The van der Waals surface area contributed by atoms with E-state index < -0.39 is 23.5 Å². The van der Waals surface area contributed by atoms with Crippen molar-refractivity contribution in [1.82, 2.24) is 4.98 Å². The van der Waals surface area contributed by atoms with E-state index in [2.05, 4.69) is 20.9 Å². The highest BCUT2D eigenvalue weighted by atomic mass is 79.9. The second-order valence-corrected chi connectivity index (χ2v) is 6.63. The fourth-order valence-corrected chi connectivity index (χ4v) is 2.87. The number of alkyl halides is 6. The number of rotatable bonds is 2. The number of aromatic nitrogens is 1. The lowest BCUT2D eigenvalue weighted by Gasteiger charge is -2.13. The predicted octanol–water partition coefficient (Wildman–Crippen LogP) is 7.22. The van der Waals surface area contributed by atoms with Gasteiger partial charge in [-0.1, -0.05) is 40.2 Å². The first-order chi connectivity index (χ1) is 12.5. The molecule has 0 spiro atoms. The highest BCUT2D eigenvalue weighted by Crippen LogP contribution is 2.36. The normalized spacial score (nSPS) is 12.3. The van der Waals surface area contributed by atoms with E-state index in [-0.39, 0.29) is 17.0 Å². The first kappa shape index (κ1) is 19.4. The molecule has 3 rings (SSSR count). The third-order valence-corrected chi connectivity index (χ3v) is 4.27. The maximum atomic E-state index is 13.3. The summed E-state index contributed by atoms with van der Waals surface area (Å²) in [5.74, 6) is 0. The molecule has 8 heteroatoms. The molecule has 0 unspecified atom stereocenters. The lowest BCUT2D eigenvalue weighted by Crippen LogP contribution is -2.07. The Labute approximate surface area is 158 Å². The van der Waals surface area contributed by atoms with Gasteiger partial charge in [0.15, 0.2) is 0 Å². The van der Waals surface area contributed by atoms with Crippen molar-refractivity contribution in [3.63, 3.8) is 0 Å². The monoisotopic (exact) mass is 445 g/mol. The topological polar surface area (TPSA) is 12.9 Å². The molecule has 140 valence electrons. The van der Waals surface area contributed by atoms with Gasteiger partial charge in [-0.15, -0.1) is 0 Å². The molecule has 0 saturated carbocycles. The minimum atomic E-state index is -4.62. The number of halogens is 7. The van der Waals surface area contributed by atoms with Crippen LogP contribution in [0.2, 0.25) is 0 Å². The molecular weight excluding hydrogens is 436 g/mol. The summed E-state index contributed by atoms with van der Waals surface area (Å²) in [5.41, 5.74) is -1.20. The maximum absolute atomic E-state index is 13.3. The Morgan fingerprint density at radius 1 is 0.630 bits per heavy atom. The van der Waals surface area contributed by atoms with Crippen LogP contribution in [0.5, 0.6) is 0 Å². The maximum Gasteiger partial charge on any atom is 0.416 e. The zero-order valence-corrected chi connectivity index (χ0v) is 15.0. The Morgan fingerprint density at radius 3 is 1.70 bits per heavy atom. The van der Waals surface area contributed by atoms with E-state index in [1.165, 1.54) is 0 Å². The zero-order chi connectivity index (χ0) is 19.8. The quantitative estimate of drug-likeness (QED) is 0.379. The molecule has 0 fully saturated rings. The number of hydrogen-bond donors (Lipinski definition) is 0. The van der Waals surface area contributed by atoms with Crippen molar-refractivity contribution in [3.05, 3.63) is 76.3 Å². The third-order valence-electron chi connectivity index (χ3n) is 3.78. The largest absolute Gasteiger partial charge is 0.416 e. The SMILES string of the molecule is FC(F)(F)c1ccc(-c2cc(C(F)(F)F)cc(-c3cccc(Br)c3)n2)cc1. The van der Waals surface area contributed by atoms with Gasteiger partial charge in [-0.2, -0.15) is 26.3 Å². The van der Waals surface area contributed by atoms with Crippen molar-refractivity contribution >= 4 is 15.9 Å². The molecule has 1 heterocycles. The van der Waals surface area contributed by atoms with E-state index in [0.717, 1.165) is 36.4 Å². The van der Waals surface area contributed by atoms with Gasteiger partial charge >= 0.3 is 12.4 Å². The minimum absolute atomic E-state index is 0.0616. The molecule has 0 amide bonds. The van der Waals surface area contributed by atoms with Crippen molar-refractivity contribution < 1.29 is 26.3 Å². The summed E-state index contributed by atoms with van der Waals surface area (Å²) < 4.78 is 78.6.